The summed E-state index contributed by atoms with van der Waals surface area (Å²) in [6, 6.07) is 0. The predicted octanol–water partition coefficient (Wildman–Crippen LogP) is 3.41. The van der Waals surface area contributed by atoms with E-state index in [0.29, 0.717) is 0 Å². The minimum Gasteiger partial charge on any atom is -0.309 e. The predicted molar refractivity (Wildman–Crippen MR) is 51.2 cm³/mol. The quantitative estimate of drug-likeness (QED) is 0.565. The van der Waals surface area contributed by atoms with E-state index in [1.807, 2.05) is 0 Å². The Bertz CT molecular complexity index is 116. The second-order valence-corrected chi connectivity index (χ2v) is 3.07. The van der Waals surface area contributed by atoms with Crippen LogP contribution in [0.5, 0.6) is 0 Å². The Hall–Kier alpha value is -0.590. The van der Waals surface area contributed by atoms with Gasteiger partial charge in [0.15, 0.2) is 0 Å². The summed E-state index contributed by atoms with van der Waals surface area (Å²) in [5.41, 5.74) is 0. The van der Waals surface area contributed by atoms with E-state index in [4.69, 9.17) is 5.41 Å². The zero-order valence-electron chi connectivity index (χ0n) is 7.64. The van der Waals surface area contributed by atoms with E-state index in [-0.39, 0.29) is 0 Å². The minimum atomic E-state index is 0.843. The Morgan fingerprint density at radius 3 is 2.64 bits per heavy atom. The summed E-state index contributed by atoms with van der Waals surface area (Å²) >= 11 is 0. The van der Waals surface area contributed by atoms with Gasteiger partial charge >= 0.3 is 0 Å². The molecule has 0 heterocycles. The molecule has 1 N–H and O–H groups in total. The molecule has 1 atom stereocenters. The summed E-state index contributed by atoms with van der Waals surface area (Å²) in [6.07, 6.45) is 10.2. The fourth-order valence-electron chi connectivity index (χ4n) is 1.18. The summed E-state index contributed by atoms with van der Waals surface area (Å²) < 4.78 is 0. The first-order valence-electron chi connectivity index (χ1n) is 4.46. The summed E-state index contributed by atoms with van der Waals surface area (Å²) in [5.74, 6) is 0.843. The van der Waals surface area contributed by atoms with Crippen molar-refractivity contribution in [2.24, 2.45) is 5.92 Å². The SMILES string of the molecule is CCCC(C)CC/C=C\C=N. The first-order valence-corrected chi connectivity index (χ1v) is 4.46. The van der Waals surface area contributed by atoms with Crippen LogP contribution in [0.1, 0.15) is 39.5 Å². The number of nitrogens with one attached hydrogen (secondary N) is 1. The number of allylic oxidation sites excluding steroid dienone is 2. The summed E-state index contributed by atoms with van der Waals surface area (Å²) in [7, 11) is 0. The molecule has 0 amide bonds. The molecule has 0 saturated carbocycles. The van der Waals surface area contributed by atoms with Gasteiger partial charge in [-0.2, -0.15) is 0 Å². The molecule has 0 rings (SSSR count). The highest BCUT2D eigenvalue weighted by molar-refractivity contribution is 5.67. The third kappa shape index (κ3) is 7.31. The van der Waals surface area contributed by atoms with Crippen molar-refractivity contribution in [3.8, 4) is 0 Å². The Morgan fingerprint density at radius 2 is 2.09 bits per heavy atom. The van der Waals surface area contributed by atoms with Crippen LogP contribution in [0.25, 0.3) is 0 Å². The molecule has 1 unspecified atom stereocenters. The average molecular weight is 153 g/mol. The summed E-state index contributed by atoms with van der Waals surface area (Å²) in [4.78, 5) is 0. The molecule has 0 saturated heterocycles. The Balaban J connectivity index is 3.22. The fourth-order valence-corrected chi connectivity index (χ4v) is 1.18. The van der Waals surface area contributed by atoms with Crippen LogP contribution in [0.3, 0.4) is 0 Å². The van der Waals surface area contributed by atoms with Crippen molar-refractivity contribution in [3.05, 3.63) is 12.2 Å². The van der Waals surface area contributed by atoms with Crippen LogP contribution in [-0.2, 0) is 0 Å². The van der Waals surface area contributed by atoms with E-state index in [0.717, 1.165) is 12.3 Å². The molecule has 64 valence electrons. The highest BCUT2D eigenvalue weighted by atomic mass is 14.3. The molecule has 0 aromatic heterocycles. The van der Waals surface area contributed by atoms with Gasteiger partial charge in [0.1, 0.15) is 0 Å². The highest BCUT2D eigenvalue weighted by Gasteiger charge is 1.97. The zero-order chi connectivity index (χ0) is 8.53. The third-order valence-corrected chi connectivity index (χ3v) is 1.84. The zero-order valence-corrected chi connectivity index (χ0v) is 7.64. The highest BCUT2D eigenvalue weighted by Crippen LogP contribution is 2.11. The second-order valence-electron chi connectivity index (χ2n) is 3.07. The van der Waals surface area contributed by atoms with Crippen molar-refractivity contribution in [2.75, 3.05) is 0 Å². The largest absolute Gasteiger partial charge is 0.309 e. The molecule has 0 radical (unpaired) electrons. The molecule has 0 aliphatic carbocycles. The maximum atomic E-state index is 6.76. The van der Waals surface area contributed by atoms with Gasteiger partial charge < -0.3 is 5.41 Å². The molecular formula is C10H19N. The van der Waals surface area contributed by atoms with Crippen LogP contribution in [-0.4, -0.2) is 6.21 Å². The van der Waals surface area contributed by atoms with Crippen LogP contribution in [0.15, 0.2) is 12.2 Å². The molecule has 1 heteroatoms. The van der Waals surface area contributed by atoms with Gasteiger partial charge in [-0.05, 0) is 24.8 Å². The van der Waals surface area contributed by atoms with Crippen molar-refractivity contribution < 1.29 is 0 Å². The van der Waals surface area contributed by atoms with Gasteiger partial charge in [0.05, 0.1) is 0 Å². The Kier molecular flexibility index (Phi) is 7.11. The topological polar surface area (TPSA) is 23.9 Å². The molecule has 0 bridgehead atoms. The van der Waals surface area contributed by atoms with Gasteiger partial charge in [-0.3, -0.25) is 0 Å². The first kappa shape index (κ1) is 10.4. The van der Waals surface area contributed by atoms with Gasteiger partial charge in [0, 0.05) is 6.21 Å². The van der Waals surface area contributed by atoms with Crippen molar-refractivity contribution in [3.63, 3.8) is 0 Å². The van der Waals surface area contributed by atoms with Gasteiger partial charge in [0.2, 0.25) is 0 Å². The third-order valence-electron chi connectivity index (χ3n) is 1.84. The van der Waals surface area contributed by atoms with Crippen LogP contribution >= 0.6 is 0 Å². The van der Waals surface area contributed by atoms with Gasteiger partial charge in [-0.25, -0.2) is 0 Å². The molecule has 0 aliphatic rings. The maximum absolute atomic E-state index is 6.76. The lowest BCUT2D eigenvalue weighted by Crippen LogP contribution is -1.91. The first-order chi connectivity index (χ1) is 5.31. The molecule has 0 aromatic carbocycles. The lowest BCUT2D eigenvalue weighted by molar-refractivity contribution is 0.491. The van der Waals surface area contributed by atoms with E-state index < -0.39 is 0 Å². The van der Waals surface area contributed by atoms with E-state index >= 15 is 0 Å². The number of hydrogen-bond acceptors (Lipinski definition) is 1. The Labute approximate surface area is 70.0 Å². The van der Waals surface area contributed by atoms with E-state index in [1.165, 1.54) is 25.5 Å². The van der Waals surface area contributed by atoms with E-state index in [2.05, 4.69) is 19.9 Å². The minimum absolute atomic E-state index is 0.843. The number of hydrogen-bond donors (Lipinski definition) is 1. The maximum Gasteiger partial charge on any atom is 0.0174 e. The summed E-state index contributed by atoms with van der Waals surface area (Å²) in [6.45, 7) is 4.52. The van der Waals surface area contributed by atoms with Gasteiger partial charge in [-0.15, -0.1) is 0 Å². The molecule has 11 heavy (non-hydrogen) atoms. The van der Waals surface area contributed by atoms with Crippen molar-refractivity contribution in [1.82, 2.24) is 0 Å². The smallest absolute Gasteiger partial charge is 0.0174 e. The lowest BCUT2D eigenvalue weighted by Gasteiger charge is -2.06. The fraction of sp³-hybridized carbons (Fsp3) is 0.700. The monoisotopic (exact) mass is 153 g/mol. The normalized spacial score (nSPS) is 13.6. The van der Waals surface area contributed by atoms with Crippen LogP contribution in [0.4, 0.5) is 0 Å². The van der Waals surface area contributed by atoms with Gasteiger partial charge in [0.25, 0.3) is 0 Å². The molecule has 0 fully saturated rings. The van der Waals surface area contributed by atoms with Gasteiger partial charge in [-0.1, -0.05) is 32.8 Å². The standard InChI is InChI=1S/C10H19N/c1-3-7-10(2)8-5-4-6-9-11/h4,6,9-11H,3,5,7-8H2,1-2H3/b6-4-,11-9?. The van der Waals surface area contributed by atoms with Crippen LogP contribution in [0, 0.1) is 11.3 Å². The number of rotatable bonds is 6. The second kappa shape index (κ2) is 7.52. The van der Waals surface area contributed by atoms with Crippen LogP contribution in [0.2, 0.25) is 0 Å². The van der Waals surface area contributed by atoms with Crippen LogP contribution < -0.4 is 0 Å². The van der Waals surface area contributed by atoms with Crippen molar-refractivity contribution in [2.45, 2.75) is 39.5 Å². The van der Waals surface area contributed by atoms with E-state index in [1.54, 1.807) is 6.08 Å². The molecule has 0 aromatic rings. The summed E-state index contributed by atoms with van der Waals surface area (Å²) in [5, 5.41) is 6.76. The Morgan fingerprint density at radius 1 is 1.36 bits per heavy atom. The van der Waals surface area contributed by atoms with E-state index in [9.17, 15) is 0 Å². The molecule has 0 aliphatic heterocycles. The molecule has 0 spiro atoms. The average Bonchev–Trinajstić information content (AvgIpc) is 1.99. The van der Waals surface area contributed by atoms with Crippen molar-refractivity contribution in [1.29, 1.82) is 5.41 Å². The lowest BCUT2D eigenvalue weighted by atomic mass is 10.0. The molecular weight excluding hydrogens is 134 g/mol. The van der Waals surface area contributed by atoms with Crippen molar-refractivity contribution >= 4 is 6.21 Å². The molecule has 1 nitrogen and oxygen atoms in total.